The van der Waals surface area contributed by atoms with Crippen LogP contribution in [0.15, 0.2) is 63.8 Å². The predicted molar refractivity (Wildman–Crippen MR) is 164 cm³/mol. The first-order chi connectivity index (χ1) is 22.2. The maximum Gasteiger partial charge on any atom is 0.511 e. The Balaban J connectivity index is 1.66. The largest absolute Gasteiger partial charge is 0.511 e. The minimum atomic E-state index is -1.37. The van der Waals surface area contributed by atoms with Crippen molar-refractivity contribution in [1.82, 2.24) is 30.4 Å². The van der Waals surface area contributed by atoms with Gasteiger partial charge in [0.05, 0.1) is 5.54 Å². The van der Waals surface area contributed by atoms with Crippen LogP contribution in [0.25, 0.3) is 0 Å². The molecular weight excluding hydrogens is 615 g/mol. The molecule has 248 valence electrons. The summed E-state index contributed by atoms with van der Waals surface area (Å²) in [5.74, 6) is -3.21. The number of amides is 2. The third-order valence-electron chi connectivity index (χ3n) is 6.73. The van der Waals surface area contributed by atoms with Crippen molar-refractivity contribution in [3.63, 3.8) is 0 Å². The summed E-state index contributed by atoms with van der Waals surface area (Å²) in [6.45, 7) is 7.87. The summed E-state index contributed by atoms with van der Waals surface area (Å²) < 4.78 is 36.2. The second-order valence-corrected chi connectivity index (χ2v) is 11.4. The highest BCUT2D eigenvalue weighted by molar-refractivity contribution is 5.95. The summed E-state index contributed by atoms with van der Waals surface area (Å²) in [6.07, 6.45) is -2.42. The lowest BCUT2D eigenvalue weighted by Gasteiger charge is -2.28. The van der Waals surface area contributed by atoms with E-state index in [1.165, 1.54) is 38.2 Å². The number of rotatable bonds is 12. The molecule has 2 amide bonds. The van der Waals surface area contributed by atoms with Crippen molar-refractivity contribution in [2.45, 2.75) is 59.6 Å². The van der Waals surface area contributed by atoms with Gasteiger partial charge in [-0.15, -0.1) is 10.2 Å². The van der Waals surface area contributed by atoms with Crippen molar-refractivity contribution in [2.24, 2.45) is 13.0 Å². The zero-order valence-electron chi connectivity index (χ0n) is 26.7. The third kappa shape index (κ3) is 8.77. The van der Waals surface area contributed by atoms with Gasteiger partial charge >= 0.3 is 18.0 Å². The molecule has 0 saturated heterocycles. The average molecular weight is 651 g/mol. The molecule has 0 radical (unpaired) electrons. The van der Waals surface area contributed by atoms with E-state index in [-0.39, 0.29) is 30.8 Å². The van der Waals surface area contributed by atoms with E-state index >= 15 is 0 Å². The lowest BCUT2D eigenvalue weighted by molar-refractivity contribution is -0.0909. The lowest BCUT2D eigenvalue weighted by Crippen LogP contribution is -2.46. The van der Waals surface area contributed by atoms with Crippen LogP contribution in [0.1, 0.15) is 71.7 Å². The highest BCUT2D eigenvalue weighted by Crippen LogP contribution is 2.24. The second-order valence-electron chi connectivity index (χ2n) is 11.4. The number of halogens is 1. The fourth-order valence-electron chi connectivity index (χ4n) is 4.31. The molecular formula is C32H35FN6O8. The van der Waals surface area contributed by atoms with Gasteiger partial charge in [0.1, 0.15) is 18.2 Å². The molecule has 1 unspecified atom stereocenters. The van der Waals surface area contributed by atoms with Crippen LogP contribution in [0.4, 0.5) is 9.18 Å². The van der Waals surface area contributed by atoms with Crippen molar-refractivity contribution in [1.29, 1.82) is 0 Å². The maximum absolute atomic E-state index is 13.8. The number of aryl methyl sites for hydroxylation is 1. The Morgan fingerprint density at radius 1 is 1.00 bits per heavy atom. The quantitative estimate of drug-likeness (QED) is 0.168. The molecule has 0 spiro atoms. The Bertz CT molecular complexity index is 1790. The molecule has 47 heavy (non-hydrogen) atoms. The van der Waals surface area contributed by atoms with E-state index in [9.17, 15) is 23.6 Å². The monoisotopic (exact) mass is 650 g/mol. The van der Waals surface area contributed by atoms with Crippen LogP contribution in [0.5, 0.6) is 5.75 Å². The molecule has 14 nitrogen and oxygen atoms in total. The van der Waals surface area contributed by atoms with Gasteiger partial charge in [0, 0.05) is 26.4 Å². The van der Waals surface area contributed by atoms with E-state index in [2.05, 4.69) is 25.8 Å². The van der Waals surface area contributed by atoms with Crippen molar-refractivity contribution in [3.05, 3.63) is 105 Å². The Hall–Kier alpha value is -5.60. The van der Waals surface area contributed by atoms with Crippen LogP contribution in [0, 0.1) is 18.7 Å². The normalized spacial score (nSPS) is 11.9. The first-order valence-electron chi connectivity index (χ1n) is 14.6. The van der Waals surface area contributed by atoms with Crippen LogP contribution in [-0.4, -0.2) is 44.0 Å². The molecule has 0 fully saturated rings. The minimum absolute atomic E-state index is 0.0318. The van der Waals surface area contributed by atoms with Crippen molar-refractivity contribution in [2.75, 3.05) is 0 Å². The van der Waals surface area contributed by atoms with E-state index in [1.54, 1.807) is 52.0 Å². The average Bonchev–Trinajstić information content (AvgIpc) is 3.48. The van der Waals surface area contributed by atoms with Crippen LogP contribution in [-0.2, 0) is 35.2 Å². The van der Waals surface area contributed by atoms with E-state index in [4.69, 9.17) is 18.6 Å². The Morgan fingerprint density at radius 2 is 1.68 bits per heavy atom. The fourth-order valence-corrected chi connectivity index (χ4v) is 4.31. The van der Waals surface area contributed by atoms with E-state index in [0.29, 0.717) is 5.56 Å². The summed E-state index contributed by atoms with van der Waals surface area (Å²) in [5, 5.41) is 12.7. The third-order valence-corrected chi connectivity index (χ3v) is 6.73. The van der Waals surface area contributed by atoms with Gasteiger partial charge < -0.3 is 29.3 Å². The number of nitrogens with one attached hydrogen (secondary N) is 2. The van der Waals surface area contributed by atoms with Crippen LogP contribution in [0.2, 0.25) is 0 Å². The summed E-state index contributed by atoms with van der Waals surface area (Å²) >= 11 is 0. The molecule has 4 rings (SSSR count). The number of benzene rings is 2. The van der Waals surface area contributed by atoms with E-state index in [1.807, 2.05) is 6.07 Å². The molecule has 15 heteroatoms. The minimum Gasteiger partial charge on any atom is -0.446 e. The fraction of sp³-hybridized carbons (Fsp3) is 0.344. The summed E-state index contributed by atoms with van der Waals surface area (Å²) in [5.41, 5.74) is -1.34. The molecule has 0 aliphatic heterocycles. The number of hydrogen-bond acceptors (Lipinski definition) is 11. The zero-order valence-corrected chi connectivity index (χ0v) is 26.7. The Kier molecular flexibility index (Phi) is 10.7. The van der Waals surface area contributed by atoms with Gasteiger partial charge in [-0.05, 0) is 37.1 Å². The number of hydrogen-bond donors (Lipinski definition) is 2. The molecule has 1 atom stereocenters. The smallest absolute Gasteiger partial charge is 0.446 e. The van der Waals surface area contributed by atoms with Gasteiger partial charge in [0.25, 0.3) is 17.8 Å². The van der Waals surface area contributed by atoms with E-state index < -0.39 is 58.5 Å². The number of ether oxygens (including phenoxy) is 3. The highest BCUT2D eigenvalue weighted by Gasteiger charge is 2.35. The van der Waals surface area contributed by atoms with Crippen molar-refractivity contribution >= 4 is 18.0 Å². The standard InChI is InChI=1S/C32H35FN6O8/c1-18(2)29(47-31(43)44-17-21-10-8-7-9-11-21)46-24-23(25(40)34-16-20-12-14-22(33)15-13-20)35-30(39(6)28(24)42)32(4,5)36-26(41)27-38-37-19(3)45-27/h7-15,18,29H,16-17H2,1-6H3,(H,34,40)(H,36,41). The topological polar surface area (TPSA) is 177 Å². The van der Waals surface area contributed by atoms with Crippen molar-refractivity contribution in [3.8, 4) is 5.75 Å². The first kappa shape index (κ1) is 34.3. The number of carbonyl (C=O) groups excluding carboxylic acids is 3. The number of aromatic nitrogens is 4. The van der Waals surface area contributed by atoms with Crippen molar-refractivity contribution < 1.29 is 37.4 Å². The Labute approximate surface area is 269 Å². The highest BCUT2D eigenvalue weighted by atomic mass is 19.1. The maximum atomic E-state index is 13.8. The summed E-state index contributed by atoms with van der Waals surface area (Å²) in [6, 6.07) is 14.4. The predicted octanol–water partition coefficient (Wildman–Crippen LogP) is 3.92. The molecule has 0 saturated carbocycles. The van der Waals surface area contributed by atoms with Crippen LogP contribution < -0.4 is 20.9 Å². The van der Waals surface area contributed by atoms with Gasteiger partial charge in [-0.1, -0.05) is 56.3 Å². The lowest BCUT2D eigenvalue weighted by atomic mass is 10.0. The molecule has 2 aromatic heterocycles. The second kappa shape index (κ2) is 14.7. The molecule has 4 aromatic rings. The zero-order chi connectivity index (χ0) is 34.3. The van der Waals surface area contributed by atoms with Crippen LogP contribution >= 0.6 is 0 Å². The molecule has 0 bridgehead atoms. The molecule has 0 aliphatic carbocycles. The number of carbonyl (C=O) groups is 3. The molecule has 2 aromatic carbocycles. The number of nitrogens with zero attached hydrogens (tertiary/aromatic N) is 4. The van der Waals surface area contributed by atoms with Crippen LogP contribution in [0.3, 0.4) is 0 Å². The van der Waals surface area contributed by atoms with Gasteiger partial charge in [0.15, 0.2) is 5.69 Å². The van der Waals surface area contributed by atoms with Gasteiger partial charge in [-0.2, -0.15) is 0 Å². The molecule has 2 N–H and O–H groups in total. The van der Waals surface area contributed by atoms with E-state index in [0.717, 1.165) is 10.1 Å². The summed E-state index contributed by atoms with van der Waals surface area (Å²) in [7, 11) is 1.38. The van der Waals surface area contributed by atoms with Gasteiger partial charge in [-0.3, -0.25) is 19.0 Å². The summed E-state index contributed by atoms with van der Waals surface area (Å²) in [4.78, 5) is 57.4. The Morgan fingerprint density at radius 3 is 2.30 bits per heavy atom. The van der Waals surface area contributed by atoms with Gasteiger partial charge in [-0.25, -0.2) is 14.2 Å². The SMILES string of the molecule is Cc1nnc(C(=O)NC(C)(C)c2nc(C(=O)NCc3ccc(F)cc3)c(OC(OC(=O)OCc3ccccc3)C(C)C)c(=O)n2C)o1. The molecule has 2 heterocycles. The molecule has 0 aliphatic rings. The van der Waals surface area contributed by atoms with Gasteiger partial charge in [0.2, 0.25) is 11.6 Å². The first-order valence-corrected chi connectivity index (χ1v) is 14.6.